The average Bonchev–Trinajstić information content (AvgIpc) is 3.17. The molecule has 5 nitrogen and oxygen atoms in total. The molecule has 0 saturated heterocycles. The minimum absolute atomic E-state index is 0.414. The third-order valence-electron chi connectivity index (χ3n) is 4.24. The molecule has 3 rings (SSSR count). The van der Waals surface area contributed by atoms with Gasteiger partial charge in [0, 0.05) is 28.5 Å². The number of halogens is 1. The first-order chi connectivity index (χ1) is 13.0. The van der Waals surface area contributed by atoms with Crippen molar-refractivity contribution in [3.05, 3.63) is 70.9 Å². The quantitative estimate of drug-likeness (QED) is 0.296. The number of benzene rings is 2. The normalized spacial score (nSPS) is 11.1. The number of anilines is 1. The Labute approximate surface area is 163 Å². The van der Waals surface area contributed by atoms with Gasteiger partial charge in [0.25, 0.3) is 0 Å². The minimum atomic E-state index is 0.414. The number of nitrogens with zero attached hydrogens (tertiary/aromatic N) is 2. The number of aromatic nitrogens is 1. The number of nitrogens with two attached hydrogens (primary N) is 1. The lowest BCUT2D eigenvalue weighted by Gasteiger charge is -2.18. The van der Waals surface area contributed by atoms with Crippen molar-refractivity contribution in [1.29, 1.82) is 0 Å². The summed E-state index contributed by atoms with van der Waals surface area (Å²) in [6, 6.07) is 15.8. The Bertz CT molecular complexity index is 963. The van der Waals surface area contributed by atoms with E-state index in [1.54, 1.807) is 30.0 Å². The zero-order valence-electron chi connectivity index (χ0n) is 15.1. The van der Waals surface area contributed by atoms with Crippen LogP contribution in [0.4, 0.5) is 11.4 Å². The Hall–Kier alpha value is -3.23. The predicted molar refractivity (Wildman–Crippen MR) is 109 cm³/mol. The van der Waals surface area contributed by atoms with Crippen LogP contribution in [0.1, 0.15) is 18.1 Å². The molecule has 6 heteroatoms. The molecule has 1 heterocycles. The maximum atomic E-state index is 11.6. The van der Waals surface area contributed by atoms with Crippen molar-refractivity contribution < 1.29 is 4.79 Å². The molecule has 1 amide bonds. The van der Waals surface area contributed by atoms with Crippen LogP contribution in [0.5, 0.6) is 0 Å². The highest BCUT2D eigenvalue weighted by Crippen LogP contribution is 2.31. The summed E-state index contributed by atoms with van der Waals surface area (Å²) in [6.45, 7) is 4.15. The Morgan fingerprint density at radius 3 is 2.70 bits per heavy atom. The number of aryl methyl sites for hydroxylation is 1. The molecule has 0 bridgehead atoms. The van der Waals surface area contributed by atoms with Crippen LogP contribution < -0.4 is 5.73 Å². The number of H-pyrrole nitrogens is 1. The summed E-state index contributed by atoms with van der Waals surface area (Å²) in [7, 11) is 0. The largest absolute Gasteiger partial charge is 0.398 e. The minimum Gasteiger partial charge on any atom is -0.398 e. The zero-order chi connectivity index (χ0) is 19.4. The highest BCUT2D eigenvalue weighted by atomic mass is 35.5. The van der Waals surface area contributed by atoms with Crippen molar-refractivity contribution in [2.75, 3.05) is 5.73 Å². The molecule has 0 aliphatic heterocycles. The van der Waals surface area contributed by atoms with Gasteiger partial charge in [-0.2, -0.15) is 0 Å². The molecular weight excluding hydrogens is 360 g/mol. The highest BCUT2D eigenvalue weighted by molar-refractivity contribution is 6.30. The van der Waals surface area contributed by atoms with Crippen molar-refractivity contribution >= 4 is 35.2 Å². The first kappa shape index (κ1) is 18.6. The van der Waals surface area contributed by atoms with Gasteiger partial charge in [-0.1, -0.05) is 23.7 Å². The first-order valence-corrected chi connectivity index (χ1v) is 8.74. The molecular formula is C21H19ClN4O. The van der Waals surface area contributed by atoms with Crippen LogP contribution in [0.25, 0.3) is 11.3 Å². The zero-order valence-corrected chi connectivity index (χ0v) is 15.8. The van der Waals surface area contributed by atoms with Gasteiger partial charge in [0.2, 0.25) is 6.41 Å². The average molecular weight is 379 g/mol. The Kier molecular flexibility index (Phi) is 5.49. The second kappa shape index (κ2) is 7.98. The van der Waals surface area contributed by atoms with Gasteiger partial charge in [-0.15, -0.1) is 0 Å². The maximum absolute atomic E-state index is 11.6. The number of carbonyl (C=O) groups is 1. The van der Waals surface area contributed by atoms with Crippen LogP contribution in [0, 0.1) is 19.2 Å². The number of hydrogen-bond donors (Lipinski definition) is 2. The summed E-state index contributed by atoms with van der Waals surface area (Å²) in [5.41, 5.74) is 11.0. The molecule has 3 aromatic rings. The third kappa shape index (κ3) is 4.30. The molecule has 27 heavy (non-hydrogen) atoms. The van der Waals surface area contributed by atoms with Crippen LogP contribution >= 0.6 is 11.6 Å². The summed E-state index contributed by atoms with van der Waals surface area (Å²) in [5, 5.41) is 0.658. The lowest BCUT2D eigenvalue weighted by atomic mass is 10.1. The van der Waals surface area contributed by atoms with E-state index in [-0.39, 0.29) is 0 Å². The van der Waals surface area contributed by atoms with Crippen molar-refractivity contribution in [3.8, 4) is 11.3 Å². The molecule has 0 unspecified atom stereocenters. The lowest BCUT2D eigenvalue weighted by Crippen LogP contribution is -2.26. The summed E-state index contributed by atoms with van der Waals surface area (Å²) in [6.07, 6.45) is 3.56. The van der Waals surface area contributed by atoms with E-state index in [1.165, 1.54) is 0 Å². The number of carbonyl (C=O) groups excluding carboxylic acids is 1. The van der Waals surface area contributed by atoms with Crippen LogP contribution in [-0.4, -0.2) is 22.1 Å². The molecule has 2 aromatic carbocycles. The van der Waals surface area contributed by atoms with Gasteiger partial charge in [0.15, 0.2) is 0 Å². The molecule has 3 N–H and O–H groups in total. The van der Waals surface area contributed by atoms with E-state index in [0.29, 0.717) is 23.1 Å². The molecule has 1 aromatic heterocycles. The summed E-state index contributed by atoms with van der Waals surface area (Å²) < 4.78 is 0. The molecule has 0 aliphatic rings. The van der Waals surface area contributed by atoms with Gasteiger partial charge < -0.3 is 10.7 Å². The van der Waals surface area contributed by atoms with E-state index in [1.807, 2.05) is 31.2 Å². The van der Waals surface area contributed by atoms with Crippen LogP contribution in [0.2, 0.25) is 5.02 Å². The van der Waals surface area contributed by atoms with E-state index < -0.39 is 0 Å². The Morgan fingerprint density at radius 1 is 1.33 bits per heavy atom. The van der Waals surface area contributed by atoms with Crippen molar-refractivity contribution in [1.82, 2.24) is 9.88 Å². The number of amidine groups is 1. The summed E-state index contributed by atoms with van der Waals surface area (Å²) in [5.74, 6) is 0.586. The van der Waals surface area contributed by atoms with Gasteiger partial charge in [0.05, 0.1) is 17.9 Å². The highest BCUT2D eigenvalue weighted by Gasteiger charge is 2.11. The topological polar surface area (TPSA) is 74.5 Å². The van der Waals surface area contributed by atoms with Gasteiger partial charge in [0.1, 0.15) is 5.84 Å². The molecule has 0 saturated carbocycles. The molecule has 0 spiro atoms. The molecule has 0 radical (unpaired) electrons. The van der Waals surface area contributed by atoms with Crippen LogP contribution in [0.15, 0.2) is 47.5 Å². The van der Waals surface area contributed by atoms with E-state index in [4.69, 9.17) is 17.3 Å². The lowest BCUT2D eigenvalue weighted by molar-refractivity contribution is -0.115. The number of nitrogen functional groups attached to an aromatic ring is 1. The van der Waals surface area contributed by atoms with Gasteiger partial charge in [-0.3, -0.25) is 9.69 Å². The number of nitrogens with one attached hydrogen (secondary N) is 1. The molecule has 136 valence electrons. The van der Waals surface area contributed by atoms with E-state index in [0.717, 1.165) is 34.5 Å². The fourth-order valence-corrected chi connectivity index (χ4v) is 2.84. The van der Waals surface area contributed by atoms with E-state index in [2.05, 4.69) is 22.2 Å². The number of rotatable bonds is 5. The monoisotopic (exact) mass is 378 g/mol. The third-order valence-corrected chi connectivity index (χ3v) is 4.49. The van der Waals surface area contributed by atoms with Gasteiger partial charge in [-0.05, 0) is 55.3 Å². The van der Waals surface area contributed by atoms with E-state index >= 15 is 0 Å². The van der Waals surface area contributed by atoms with Crippen molar-refractivity contribution in [2.24, 2.45) is 4.99 Å². The van der Waals surface area contributed by atoms with Crippen molar-refractivity contribution in [3.63, 3.8) is 0 Å². The second-order valence-corrected chi connectivity index (χ2v) is 6.63. The number of aliphatic imine (C=N–C) groups is 1. The predicted octanol–water partition coefficient (Wildman–Crippen LogP) is 4.53. The standard InChI is InChI=1S/C21H19ClN4O/c1-14-10-19(23)18(20-4-3-9-24-20)11-21(14)25-15(2)26(13-27)12-16-5-7-17(22)8-6-16/h4-8,10-11,13,24H,12,23H2,1-2H3. The van der Waals surface area contributed by atoms with Gasteiger partial charge in [-0.25, -0.2) is 4.99 Å². The second-order valence-electron chi connectivity index (χ2n) is 6.20. The first-order valence-electron chi connectivity index (χ1n) is 8.37. The van der Waals surface area contributed by atoms with Crippen LogP contribution in [-0.2, 0) is 11.3 Å². The SMILES string of the molecule is CC(=Nc1cc(-c2cc#c[nH]2)c(N)cc1C)N(C=O)Cc1ccc(Cl)cc1. The Morgan fingerprint density at radius 2 is 2.07 bits per heavy atom. The fraction of sp³-hybridized carbons (Fsp3) is 0.143. The van der Waals surface area contributed by atoms with Crippen molar-refractivity contribution in [2.45, 2.75) is 20.4 Å². The molecule has 0 aliphatic carbocycles. The Balaban J connectivity index is 1.90. The van der Waals surface area contributed by atoms with Crippen LogP contribution in [0.3, 0.4) is 0 Å². The number of amides is 1. The fourth-order valence-electron chi connectivity index (χ4n) is 2.72. The molecule has 0 fully saturated rings. The van der Waals surface area contributed by atoms with Gasteiger partial charge >= 0.3 is 0 Å². The maximum Gasteiger partial charge on any atom is 0.215 e. The smallest absolute Gasteiger partial charge is 0.215 e. The number of aromatic amines is 1. The summed E-state index contributed by atoms with van der Waals surface area (Å²) in [4.78, 5) is 20.8. The molecule has 0 atom stereocenters. The summed E-state index contributed by atoms with van der Waals surface area (Å²) >= 11 is 5.92. The number of hydrogen-bond acceptors (Lipinski definition) is 3. The van der Waals surface area contributed by atoms with E-state index in [9.17, 15) is 4.79 Å².